The smallest absolute Gasteiger partial charge is 0.317 e. The van der Waals surface area contributed by atoms with Gasteiger partial charge in [-0.2, -0.15) is 0 Å². The highest BCUT2D eigenvalue weighted by Gasteiger charge is 2.40. The predicted octanol–water partition coefficient (Wildman–Crippen LogP) is 3.03. The van der Waals surface area contributed by atoms with Crippen molar-refractivity contribution in [2.45, 2.75) is 31.2 Å². The Morgan fingerprint density at radius 2 is 1.46 bits per heavy atom. The molecule has 0 bridgehead atoms. The van der Waals surface area contributed by atoms with E-state index in [2.05, 4.69) is 29.6 Å². The fourth-order valence-corrected chi connectivity index (χ4v) is 3.89. The van der Waals surface area contributed by atoms with Gasteiger partial charge >= 0.3 is 6.03 Å². The normalized spacial score (nSPS) is 21.3. The van der Waals surface area contributed by atoms with E-state index in [1.54, 1.807) is 0 Å². The third-order valence-corrected chi connectivity index (χ3v) is 5.72. The zero-order chi connectivity index (χ0) is 19.3. The first-order valence-corrected chi connectivity index (χ1v) is 10.1. The molecule has 5 nitrogen and oxygen atoms in total. The number of carbonyl (C=O) groups is 2. The summed E-state index contributed by atoms with van der Waals surface area (Å²) in [5, 5.41) is 3.15. The lowest BCUT2D eigenvalue weighted by Gasteiger charge is -2.35. The van der Waals surface area contributed by atoms with Crippen LogP contribution in [0.5, 0.6) is 0 Å². The van der Waals surface area contributed by atoms with Crippen LogP contribution in [0.25, 0.3) is 0 Å². The van der Waals surface area contributed by atoms with Crippen LogP contribution in [0, 0.1) is 0 Å². The Labute approximate surface area is 166 Å². The van der Waals surface area contributed by atoms with Crippen LogP contribution < -0.4 is 5.32 Å². The average Bonchev–Trinajstić information content (AvgIpc) is 3.52. The topological polar surface area (TPSA) is 52.7 Å². The second kappa shape index (κ2) is 8.46. The van der Waals surface area contributed by atoms with Gasteiger partial charge in [-0.1, -0.05) is 60.7 Å². The van der Waals surface area contributed by atoms with E-state index in [1.807, 2.05) is 46.2 Å². The van der Waals surface area contributed by atoms with Crippen LogP contribution in [0.4, 0.5) is 4.79 Å². The first-order chi connectivity index (χ1) is 13.7. The number of piperazine rings is 1. The molecule has 2 aliphatic rings. The van der Waals surface area contributed by atoms with Gasteiger partial charge in [0, 0.05) is 44.6 Å². The molecule has 1 aliphatic carbocycles. The molecule has 146 valence electrons. The Hall–Kier alpha value is -2.82. The molecular formula is C23H27N3O2. The molecule has 0 unspecified atom stereocenters. The first kappa shape index (κ1) is 18.5. The fraction of sp³-hybridized carbons (Fsp3) is 0.391. The van der Waals surface area contributed by atoms with Crippen molar-refractivity contribution in [3.8, 4) is 0 Å². The third kappa shape index (κ3) is 4.53. The number of rotatable bonds is 5. The monoisotopic (exact) mass is 377 g/mol. The van der Waals surface area contributed by atoms with Crippen LogP contribution in [0.3, 0.4) is 0 Å². The van der Waals surface area contributed by atoms with Crippen molar-refractivity contribution in [2.24, 2.45) is 0 Å². The highest BCUT2D eigenvalue weighted by molar-refractivity contribution is 5.78. The second-order valence-corrected chi connectivity index (χ2v) is 7.66. The molecule has 3 amide bonds. The number of hydrogen-bond acceptors (Lipinski definition) is 2. The Morgan fingerprint density at radius 3 is 2.14 bits per heavy atom. The number of urea groups is 1. The van der Waals surface area contributed by atoms with E-state index in [1.165, 1.54) is 11.1 Å². The number of nitrogens with one attached hydrogen (secondary N) is 1. The largest absolute Gasteiger partial charge is 0.339 e. The van der Waals surface area contributed by atoms with Gasteiger partial charge in [-0.3, -0.25) is 4.79 Å². The van der Waals surface area contributed by atoms with Gasteiger partial charge in [-0.25, -0.2) is 4.79 Å². The average molecular weight is 377 g/mol. The van der Waals surface area contributed by atoms with Crippen molar-refractivity contribution in [1.82, 2.24) is 15.1 Å². The summed E-state index contributed by atoms with van der Waals surface area (Å²) in [4.78, 5) is 28.7. The van der Waals surface area contributed by atoms with E-state index >= 15 is 0 Å². The van der Waals surface area contributed by atoms with E-state index < -0.39 is 0 Å². The molecule has 0 radical (unpaired) electrons. The summed E-state index contributed by atoms with van der Waals surface area (Å²) >= 11 is 0. The van der Waals surface area contributed by atoms with Crippen LogP contribution in [0.2, 0.25) is 0 Å². The highest BCUT2D eigenvalue weighted by atomic mass is 16.2. The van der Waals surface area contributed by atoms with Gasteiger partial charge in [0.15, 0.2) is 0 Å². The maximum atomic E-state index is 12.5. The molecule has 5 heteroatoms. The summed E-state index contributed by atoms with van der Waals surface area (Å²) in [5.41, 5.74) is 2.48. The first-order valence-electron chi connectivity index (χ1n) is 10.1. The lowest BCUT2D eigenvalue weighted by molar-refractivity contribution is -0.132. The molecule has 1 saturated carbocycles. The van der Waals surface area contributed by atoms with Crippen LogP contribution in [-0.4, -0.2) is 54.0 Å². The number of benzene rings is 2. The van der Waals surface area contributed by atoms with E-state index in [9.17, 15) is 9.59 Å². The van der Waals surface area contributed by atoms with E-state index in [-0.39, 0.29) is 18.0 Å². The standard InChI is InChI=1S/C23H27N3O2/c27-22(12-11-18-7-3-1-4-8-18)25-13-15-26(16-14-25)23(28)24-21-17-20(21)19-9-5-2-6-10-19/h1-10,20-21H,11-17H2,(H,24,28)/t20-,21+/m0/s1. The summed E-state index contributed by atoms with van der Waals surface area (Å²) in [6, 6.07) is 20.7. The van der Waals surface area contributed by atoms with E-state index in [4.69, 9.17) is 0 Å². The highest BCUT2D eigenvalue weighted by Crippen LogP contribution is 2.40. The van der Waals surface area contributed by atoms with Crippen molar-refractivity contribution in [3.63, 3.8) is 0 Å². The maximum Gasteiger partial charge on any atom is 0.317 e. The minimum Gasteiger partial charge on any atom is -0.339 e. The van der Waals surface area contributed by atoms with E-state index in [0.29, 0.717) is 38.5 Å². The minimum absolute atomic E-state index is 0.000171. The van der Waals surface area contributed by atoms with Crippen molar-refractivity contribution in [3.05, 3.63) is 71.8 Å². The van der Waals surface area contributed by atoms with Gasteiger partial charge in [0.05, 0.1) is 0 Å². The molecule has 1 aliphatic heterocycles. The summed E-state index contributed by atoms with van der Waals surface area (Å²) in [5.74, 6) is 0.612. The zero-order valence-corrected chi connectivity index (χ0v) is 16.1. The quantitative estimate of drug-likeness (QED) is 0.871. The Bertz CT molecular complexity index is 801. The molecular weight excluding hydrogens is 350 g/mol. The number of nitrogens with zero attached hydrogens (tertiary/aromatic N) is 2. The summed E-state index contributed by atoms with van der Waals surface area (Å²) in [7, 11) is 0. The SMILES string of the molecule is O=C(CCc1ccccc1)N1CCN(C(=O)N[C@@H]2C[C@H]2c2ccccc2)CC1. The molecule has 1 heterocycles. The van der Waals surface area contributed by atoms with Crippen LogP contribution in [0.1, 0.15) is 29.9 Å². The van der Waals surface area contributed by atoms with Gasteiger partial charge in [0.25, 0.3) is 0 Å². The predicted molar refractivity (Wildman–Crippen MR) is 109 cm³/mol. The van der Waals surface area contributed by atoms with Gasteiger partial charge in [0.2, 0.25) is 5.91 Å². The Morgan fingerprint density at radius 1 is 0.857 bits per heavy atom. The summed E-state index contributed by atoms with van der Waals surface area (Å²) in [6.07, 6.45) is 2.30. The van der Waals surface area contributed by atoms with Gasteiger partial charge in [0.1, 0.15) is 0 Å². The maximum absolute atomic E-state index is 12.5. The Kier molecular flexibility index (Phi) is 5.60. The lowest BCUT2D eigenvalue weighted by atomic mass is 10.1. The molecule has 2 aromatic carbocycles. The zero-order valence-electron chi connectivity index (χ0n) is 16.1. The summed E-state index contributed by atoms with van der Waals surface area (Å²) in [6.45, 7) is 2.44. The van der Waals surface area contributed by atoms with Crippen molar-refractivity contribution < 1.29 is 9.59 Å². The molecule has 2 aromatic rings. The van der Waals surface area contributed by atoms with Crippen LogP contribution in [-0.2, 0) is 11.2 Å². The van der Waals surface area contributed by atoms with Gasteiger partial charge < -0.3 is 15.1 Å². The van der Waals surface area contributed by atoms with Crippen LogP contribution in [0.15, 0.2) is 60.7 Å². The van der Waals surface area contributed by atoms with Crippen molar-refractivity contribution in [2.75, 3.05) is 26.2 Å². The van der Waals surface area contributed by atoms with E-state index in [0.717, 1.165) is 12.8 Å². The number of amides is 3. The number of carbonyl (C=O) groups excluding carboxylic acids is 2. The molecule has 1 saturated heterocycles. The van der Waals surface area contributed by atoms with Crippen molar-refractivity contribution >= 4 is 11.9 Å². The molecule has 2 atom stereocenters. The summed E-state index contributed by atoms with van der Waals surface area (Å²) < 4.78 is 0. The molecule has 28 heavy (non-hydrogen) atoms. The second-order valence-electron chi connectivity index (χ2n) is 7.66. The lowest BCUT2D eigenvalue weighted by Crippen LogP contribution is -2.53. The minimum atomic E-state index is -0.000171. The molecule has 1 N–H and O–H groups in total. The fourth-order valence-electron chi connectivity index (χ4n) is 3.89. The molecule has 2 fully saturated rings. The third-order valence-electron chi connectivity index (χ3n) is 5.72. The van der Waals surface area contributed by atoms with Gasteiger partial charge in [-0.05, 0) is 24.0 Å². The molecule has 4 rings (SSSR count). The number of hydrogen-bond donors (Lipinski definition) is 1. The van der Waals surface area contributed by atoms with Gasteiger partial charge in [-0.15, -0.1) is 0 Å². The molecule has 0 aromatic heterocycles. The van der Waals surface area contributed by atoms with Crippen LogP contribution >= 0.6 is 0 Å². The molecule has 0 spiro atoms. The Balaban J connectivity index is 1.19. The van der Waals surface area contributed by atoms with Crippen molar-refractivity contribution in [1.29, 1.82) is 0 Å². The number of aryl methyl sites for hydroxylation is 1.